The summed E-state index contributed by atoms with van der Waals surface area (Å²) in [5.74, 6) is -0.160. The molecule has 0 saturated heterocycles. The molecule has 1 N–H and O–H groups in total. The minimum absolute atomic E-state index is 0.228. The molecule has 20 heavy (non-hydrogen) atoms. The zero-order valence-corrected chi connectivity index (χ0v) is 11.9. The van der Waals surface area contributed by atoms with Gasteiger partial charge in [-0.1, -0.05) is 32.0 Å². The van der Waals surface area contributed by atoms with Crippen LogP contribution in [-0.4, -0.2) is 5.91 Å². The van der Waals surface area contributed by atoms with Crippen LogP contribution in [0.1, 0.15) is 41.3 Å². The highest BCUT2D eigenvalue weighted by atomic mass is 19.1. The molecular formula is C17H18FNO. The van der Waals surface area contributed by atoms with Gasteiger partial charge < -0.3 is 5.32 Å². The van der Waals surface area contributed by atoms with Crippen molar-refractivity contribution in [1.29, 1.82) is 0 Å². The fourth-order valence-electron chi connectivity index (χ4n) is 1.94. The van der Waals surface area contributed by atoms with E-state index in [1.165, 1.54) is 17.7 Å². The molecule has 0 aromatic heterocycles. The molecule has 2 rings (SSSR count). The first-order valence-electron chi connectivity index (χ1n) is 6.65. The summed E-state index contributed by atoms with van der Waals surface area (Å²) in [5, 5.41) is 2.74. The van der Waals surface area contributed by atoms with Crippen LogP contribution in [0.5, 0.6) is 0 Å². The number of aryl methyl sites for hydroxylation is 1. The molecular weight excluding hydrogens is 253 g/mol. The molecule has 0 unspecified atom stereocenters. The van der Waals surface area contributed by atoms with Crippen molar-refractivity contribution in [2.75, 3.05) is 5.32 Å². The van der Waals surface area contributed by atoms with E-state index in [0.29, 0.717) is 17.2 Å². The van der Waals surface area contributed by atoms with Gasteiger partial charge in [0.1, 0.15) is 5.82 Å². The Bertz CT molecular complexity index is 617. The predicted octanol–water partition coefficient (Wildman–Crippen LogP) is 4.51. The maximum Gasteiger partial charge on any atom is 0.255 e. The van der Waals surface area contributed by atoms with Crippen LogP contribution in [0.3, 0.4) is 0 Å². The molecule has 0 saturated carbocycles. The Labute approximate surface area is 118 Å². The van der Waals surface area contributed by atoms with E-state index in [2.05, 4.69) is 19.2 Å². The van der Waals surface area contributed by atoms with Gasteiger partial charge in [-0.3, -0.25) is 4.79 Å². The number of rotatable bonds is 3. The first kappa shape index (κ1) is 14.3. The van der Waals surface area contributed by atoms with E-state index >= 15 is 0 Å². The number of nitrogens with one attached hydrogen (secondary N) is 1. The maximum absolute atomic E-state index is 13.2. The zero-order valence-electron chi connectivity index (χ0n) is 11.9. The molecule has 0 aliphatic carbocycles. The molecule has 0 aliphatic rings. The first-order valence-corrected chi connectivity index (χ1v) is 6.65. The third-order valence-corrected chi connectivity index (χ3v) is 3.29. The molecule has 2 aromatic carbocycles. The van der Waals surface area contributed by atoms with Crippen LogP contribution in [0, 0.1) is 12.7 Å². The van der Waals surface area contributed by atoms with Crippen molar-refractivity contribution in [2.45, 2.75) is 26.7 Å². The van der Waals surface area contributed by atoms with Gasteiger partial charge in [0.2, 0.25) is 0 Å². The van der Waals surface area contributed by atoms with Gasteiger partial charge in [0.05, 0.1) is 0 Å². The summed E-state index contributed by atoms with van der Waals surface area (Å²) in [7, 11) is 0. The number of carbonyl (C=O) groups excluding carboxylic acids is 1. The lowest BCUT2D eigenvalue weighted by atomic mass is 10.0. The Kier molecular flexibility index (Phi) is 4.18. The Hall–Kier alpha value is -2.16. The molecule has 0 radical (unpaired) electrons. The Morgan fingerprint density at radius 1 is 1.10 bits per heavy atom. The largest absolute Gasteiger partial charge is 0.322 e. The van der Waals surface area contributed by atoms with E-state index in [1.54, 1.807) is 18.2 Å². The quantitative estimate of drug-likeness (QED) is 0.874. The maximum atomic E-state index is 13.2. The average Bonchev–Trinajstić information content (AvgIpc) is 2.43. The van der Waals surface area contributed by atoms with E-state index in [9.17, 15) is 9.18 Å². The monoisotopic (exact) mass is 271 g/mol. The third-order valence-electron chi connectivity index (χ3n) is 3.29. The fraction of sp³-hybridized carbons (Fsp3) is 0.235. The number of benzene rings is 2. The summed E-state index contributed by atoms with van der Waals surface area (Å²) in [6.45, 7) is 6.04. The highest BCUT2D eigenvalue weighted by Gasteiger charge is 2.09. The van der Waals surface area contributed by atoms with Crippen LogP contribution < -0.4 is 5.32 Å². The van der Waals surface area contributed by atoms with E-state index in [1.807, 2.05) is 19.1 Å². The normalized spacial score (nSPS) is 10.7. The topological polar surface area (TPSA) is 29.1 Å². The van der Waals surface area contributed by atoms with Crippen molar-refractivity contribution in [2.24, 2.45) is 0 Å². The van der Waals surface area contributed by atoms with Gasteiger partial charge in [0.25, 0.3) is 5.91 Å². The summed E-state index contributed by atoms with van der Waals surface area (Å²) in [6, 6.07) is 11.8. The van der Waals surface area contributed by atoms with Gasteiger partial charge in [0.15, 0.2) is 0 Å². The van der Waals surface area contributed by atoms with Crippen molar-refractivity contribution < 1.29 is 9.18 Å². The lowest BCUT2D eigenvalue weighted by Crippen LogP contribution is -2.13. The smallest absolute Gasteiger partial charge is 0.255 e. The molecule has 104 valence electrons. The molecule has 0 atom stereocenters. The first-order chi connectivity index (χ1) is 9.47. The Morgan fingerprint density at radius 3 is 2.35 bits per heavy atom. The van der Waals surface area contributed by atoms with Gasteiger partial charge in [-0.15, -0.1) is 0 Å². The van der Waals surface area contributed by atoms with Crippen molar-refractivity contribution in [3.05, 3.63) is 65.0 Å². The fourth-order valence-corrected chi connectivity index (χ4v) is 1.94. The Balaban J connectivity index is 2.17. The van der Waals surface area contributed by atoms with E-state index < -0.39 is 0 Å². The van der Waals surface area contributed by atoms with Crippen LogP contribution in [0.4, 0.5) is 10.1 Å². The summed E-state index contributed by atoms with van der Waals surface area (Å²) < 4.78 is 13.2. The number of hydrogen-bond acceptors (Lipinski definition) is 1. The SMILES string of the molecule is Cc1ccc(F)cc1NC(=O)c1ccc(C(C)C)cc1. The molecule has 2 aromatic rings. The third kappa shape index (κ3) is 3.23. The van der Waals surface area contributed by atoms with Crippen LogP contribution >= 0.6 is 0 Å². The molecule has 0 fully saturated rings. The van der Waals surface area contributed by atoms with Crippen LogP contribution in [0.25, 0.3) is 0 Å². The highest BCUT2D eigenvalue weighted by molar-refractivity contribution is 6.04. The highest BCUT2D eigenvalue weighted by Crippen LogP contribution is 2.18. The number of carbonyl (C=O) groups is 1. The van der Waals surface area contributed by atoms with Crippen molar-refractivity contribution >= 4 is 11.6 Å². The van der Waals surface area contributed by atoms with Gasteiger partial charge in [-0.2, -0.15) is 0 Å². The van der Waals surface area contributed by atoms with E-state index in [0.717, 1.165) is 5.56 Å². The summed E-state index contributed by atoms with van der Waals surface area (Å²) in [6.07, 6.45) is 0. The van der Waals surface area contributed by atoms with Crippen LogP contribution in [0.15, 0.2) is 42.5 Å². The lowest BCUT2D eigenvalue weighted by Gasteiger charge is -2.10. The second-order valence-electron chi connectivity index (χ2n) is 5.19. The number of hydrogen-bond donors (Lipinski definition) is 1. The van der Waals surface area contributed by atoms with Gasteiger partial charge in [-0.05, 0) is 48.2 Å². The van der Waals surface area contributed by atoms with E-state index in [4.69, 9.17) is 0 Å². The standard InChI is InChI=1S/C17H18FNO/c1-11(2)13-5-7-14(8-6-13)17(20)19-16-10-15(18)9-4-12(16)3/h4-11H,1-3H3,(H,19,20). The van der Waals surface area contributed by atoms with Gasteiger partial charge in [-0.25, -0.2) is 4.39 Å². The minimum Gasteiger partial charge on any atom is -0.322 e. The summed E-state index contributed by atoms with van der Waals surface area (Å²) in [5.41, 5.74) is 3.09. The molecule has 2 nitrogen and oxygen atoms in total. The van der Waals surface area contributed by atoms with Gasteiger partial charge in [0, 0.05) is 11.3 Å². The minimum atomic E-state index is -0.360. The van der Waals surface area contributed by atoms with Crippen LogP contribution in [0.2, 0.25) is 0 Å². The van der Waals surface area contributed by atoms with Crippen molar-refractivity contribution in [1.82, 2.24) is 0 Å². The zero-order chi connectivity index (χ0) is 14.7. The number of anilines is 1. The number of halogens is 1. The van der Waals surface area contributed by atoms with Crippen LogP contribution in [-0.2, 0) is 0 Å². The second kappa shape index (κ2) is 5.87. The Morgan fingerprint density at radius 2 is 1.75 bits per heavy atom. The van der Waals surface area contributed by atoms with Crippen molar-refractivity contribution in [3.8, 4) is 0 Å². The number of amides is 1. The molecule has 0 bridgehead atoms. The average molecular weight is 271 g/mol. The molecule has 0 aliphatic heterocycles. The molecule has 3 heteroatoms. The summed E-state index contributed by atoms with van der Waals surface area (Å²) >= 11 is 0. The van der Waals surface area contributed by atoms with Crippen molar-refractivity contribution in [3.63, 3.8) is 0 Å². The second-order valence-corrected chi connectivity index (χ2v) is 5.19. The molecule has 0 spiro atoms. The van der Waals surface area contributed by atoms with E-state index in [-0.39, 0.29) is 11.7 Å². The predicted molar refractivity (Wildman–Crippen MR) is 79.6 cm³/mol. The molecule has 1 amide bonds. The van der Waals surface area contributed by atoms with Gasteiger partial charge >= 0.3 is 0 Å². The molecule has 0 heterocycles. The lowest BCUT2D eigenvalue weighted by molar-refractivity contribution is 0.102. The summed E-state index contributed by atoms with van der Waals surface area (Å²) in [4.78, 5) is 12.1.